The number of urea groups is 1. The molecule has 2 aromatic carbocycles. The van der Waals surface area contributed by atoms with Gasteiger partial charge in [0.1, 0.15) is 0 Å². The fourth-order valence-corrected chi connectivity index (χ4v) is 4.28. The molecule has 3 rings (SSSR count). The number of hydrogen-bond acceptors (Lipinski definition) is 2. The fourth-order valence-electron chi connectivity index (χ4n) is 4.28. The molecule has 1 saturated heterocycles. The highest BCUT2D eigenvalue weighted by atomic mass is 19.4. The van der Waals surface area contributed by atoms with Crippen LogP contribution >= 0.6 is 0 Å². The molecule has 178 valence electrons. The Kier molecular flexibility index (Phi) is 6.32. The van der Waals surface area contributed by atoms with E-state index in [4.69, 9.17) is 0 Å². The highest BCUT2D eigenvalue weighted by Crippen LogP contribution is 2.45. The Morgan fingerprint density at radius 2 is 1.48 bits per heavy atom. The van der Waals surface area contributed by atoms with Gasteiger partial charge in [-0.2, -0.15) is 13.2 Å². The molecule has 0 saturated carbocycles. The SMILES string of the molecule is CC(C)(C)C1N(C(=O)O)CC1(F)Cc1ccc(NC(=O)Nc2ccc(C(F)(F)F)cc2)cc1. The highest BCUT2D eigenvalue weighted by molar-refractivity contribution is 5.99. The third kappa shape index (κ3) is 5.55. The molecule has 3 N–H and O–H groups in total. The van der Waals surface area contributed by atoms with Gasteiger partial charge in [-0.25, -0.2) is 14.0 Å². The van der Waals surface area contributed by atoms with Crippen LogP contribution in [-0.2, 0) is 12.6 Å². The lowest BCUT2D eigenvalue weighted by atomic mass is 9.68. The molecule has 1 heterocycles. The average molecular weight is 467 g/mol. The predicted octanol–water partition coefficient (Wildman–Crippen LogP) is 6.01. The summed E-state index contributed by atoms with van der Waals surface area (Å²) in [5.74, 6) is 0. The minimum atomic E-state index is -4.46. The predicted molar refractivity (Wildman–Crippen MR) is 116 cm³/mol. The van der Waals surface area contributed by atoms with Crippen LogP contribution in [0.25, 0.3) is 0 Å². The number of halogens is 4. The Labute approximate surface area is 188 Å². The van der Waals surface area contributed by atoms with Gasteiger partial charge in [0.15, 0.2) is 5.67 Å². The number of rotatable bonds is 4. The Morgan fingerprint density at radius 1 is 1.00 bits per heavy atom. The van der Waals surface area contributed by atoms with Crippen molar-refractivity contribution in [2.75, 3.05) is 17.2 Å². The van der Waals surface area contributed by atoms with Crippen molar-refractivity contribution in [1.29, 1.82) is 0 Å². The lowest BCUT2D eigenvalue weighted by molar-refractivity contribution is -0.137. The monoisotopic (exact) mass is 467 g/mol. The first-order chi connectivity index (χ1) is 15.2. The molecule has 3 amide bonds. The van der Waals surface area contributed by atoms with Crippen molar-refractivity contribution in [3.05, 3.63) is 59.7 Å². The standard InChI is InChI=1S/C23H25F4N3O3/c1-21(2,3)18-22(24,13-30(18)20(32)33)12-14-4-8-16(9-5-14)28-19(31)29-17-10-6-15(7-11-17)23(25,26)27/h4-11,18H,12-13H2,1-3H3,(H,32,33)(H2,28,29,31). The molecule has 0 aliphatic carbocycles. The lowest BCUT2D eigenvalue weighted by Gasteiger charge is -2.56. The molecule has 0 aromatic heterocycles. The number of anilines is 2. The zero-order chi connectivity index (χ0) is 24.6. The summed E-state index contributed by atoms with van der Waals surface area (Å²) in [4.78, 5) is 24.6. The van der Waals surface area contributed by atoms with Gasteiger partial charge in [0.05, 0.1) is 18.2 Å². The van der Waals surface area contributed by atoms with Crippen molar-refractivity contribution in [3.8, 4) is 0 Å². The molecule has 0 bridgehead atoms. The molecule has 0 spiro atoms. The minimum Gasteiger partial charge on any atom is -0.465 e. The van der Waals surface area contributed by atoms with Crippen LogP contribution in [0, 0.1) is 5.41 Å². The fraction of sp³-hybridized carbons (Fsp3) is 0.391. The number of carboxylic acid groups (broad SMARTS) is 1. The van der Waals surface area contributed by atoms with Gasteiger partial charge in [0, 0.05) is 17.8 Å². The highest BCUT2D eigenvalue weighted by Gasteiger charge is 2.60. The van der Waals surface area contributed by atoms with Crippen LogP contribution in [0.5, 0.6) is 0 Å². The summed E-state index contributed by atoms with van der Waals surface area (Å²) in [7, 11) is 0. The second-order valence-corrected chi connectivity index (χ2v) is 9.24. The third-order valence-corrected chi connectivity index (χ3v) is 5.48. The number of nitrogens with one attached hydrogen (secondary N) is 2. The van der Waals surface area contributed by atoms with Gasteiger partial charge in [0.25, 0.3) is 0 Å². The number of hydrogen-bond donors (Lipinski definition) is 3. The summed E-state index contributed by atoms with van der Waals surface area (Å²) in [6.07, 6.45) is -5.59. The number of benzene rings is 2. The second-order valence-electron chi connectivity index (χ2n) is 9.24. The summed E-state index contributed by atoms with van der Waals surface area (Å²) in [6.45, 7) is 5.18. The van der Waals surface area contributed by atoms with Gasteiger partial charge in [-0.1, -0.05) is 32.9 Å². The number of alkyl halides is 4. The van der Waals surface area contributed by atoms with E-state index in [2.05, 4.69) is 10.6 Å². The molecule has 1 fully saturated rings. The van der Waals surface area contributed by atoms with Crippen LogP contribution in [0.3, 0.4) is 0 Å². The first kappa shape index (κ1) is 24.3. The van der Waals surface area contributed by atoms with E-state index >= 15 is 4.39 Å². The summed E-state index contributed by atoms with van der Waals surface area (Å²) in [5.41, 5.74) is -1.86. The van der Waals surface area contributed by atoms with Crippen molar-refractivity contribution in [1.82, 2.24) is 4.90 Å². The van der Waals surface area contributed by atoms with Crippen LogP contribution in [0.1, 0.15) is 31.9 Å². The van der Waals surface area contributed by atoms with E-state index in [0.717, 1.165) is 29.2 Å². The van der Waals surface area contributed by atoms with Crippen molar-refractivity contribution >= 4 is 23.5 Å². The van der Waals surface area contributed by atoms with E-state index in [0.29, 0.717) is 11.3 Å². The van der Waals surface area contributed by atoms with E-state index in [1.807, 2.05) is 0 Å². The largest absolute Gasteiger partial charge is 0.465 e. The summed E-state index contributed by atoms with van der Waals surface area (Å²) >= 11 is 0. The van der Waals surface area contributed by atoms with Gasteiger partial charge >= 0.3 is 18.3 Å². The first-order valence-electron chi connectivity index (χ1n) is 10.2. The van der Waals surface area contributed by atoms with Gasteiger partial charge < -0.3 is 15.7 Å². The van der Waals surface area contributed by atoms with Crippen LogP contribution < -0.4 is 10.6 Å². The molecule has 33 heavy (non-hydrogen) atoms. The Bertz CT molecular complexity index is 1020. The van der Waals surface area contributed by atoms with E-state index < -0.39 is 41.0 Å². The van der Waals surface area contributed by atoms with Crippen molar-refractivity contribution in [3.63, 3.8) is 0 Å². The van der Waals surface area contributed by atoms with Gasteiger partial charge in [-0.3, -0.25) is 4.90 Å². The van der Waals surface area contributed by atoms with Crippen LogP contribution in [0.2, 0.25) is 0 Å². The van der Waals surface area contributed by atoms with Crippen LogP contribution in [0.15, 0.2) is 48.5 Å². The summed E-state index contributed by atoms with van der Waals surface area (Å²) in [5, 5.41) is 14.3. The number of likely N-dealkylation sites (tertiary alicyclic amines) is 1. The maximum atomic E-state index is 15.6. The normalized spacial score (nSPS) is 20.7. The number of amides is 3. The van der Waals surface area contributed by atoms with Crippen molar-refractivity contribution in [2.24, 2.45) is 5.41 Å². The third-order valence-electron chi connectivity index (χ3n) is 5.48. The second kappa shape index (κ2) is 8.57. The van der Waals surface area contributed by atoms with Gasteiger partial charge in [-0.05, 0) is 47.4 Å². The van der Waals surface area contributed by atoms with E-state index in [9.17, 15) is 27.9 Å². The number of nitrogens with zero attached hydrogens (tertiary/aromatic N) is 1. The zero-order valence-corrected chi connectivity index (χ0v) is 18.3. The minimum absolute atomic E-state index is 0.0246. The quantitative estimate of drug-likeness (QED) is 0.482. The Balaban J connectivity index is 1.60. The molecule has 2 aromatic rings. The lowest BCUT2D eigenvalue weighted by Crippen LogP contribution is -2.73. The van der Waals surface area contributed by atoms with Crippen molar-refractivity contribution in [2.45, 2.75) is 45.1 Å². The van der Waals surface area contributed by atoms with Crippen LogP contribution in [-0.4, -0.2) is 40.4 Å². The first-order valence-corrected chi connectivity index (χ1v) is 10.2. The molecule has 10 heteroatoms. The van der Waals surface area contributed by atoms with Gasteiger partial charge in [0.2, 0.25) is 0 Å². The Hall–Kier alpha value is -3.30. The van der Waals surface area contributed by atoms with E-state index in [1.165, 1.54) is 0 Å². The van der Waals surface area contributed by atoms with E-state index in [-0.39, 0.29) is 18.7 Å². The summed E-state index contributed by atoms with van der Waals surface area (Å²) < 4.78 is 53.4. The topological polar surface area (TPSA) is 81.7 Å². The zero-order valence-electron chi connectivity index (χ0n) is 18.3. The summed E-state index contributed by atoms with van der Waals surface area (Å²) in [6, 6.07) is 9.03. The molecule has 1 aliphatic rings. The molecular formula is C23H25F4N3O3. The Morgan fingerprint density at radius 3 is 1.91 bits per heavy atom. The average Bonchev–Trinajstić information content (AvgIpc) is 2.66. The van der Waals surface area contributed by atoms with E-state index in [1.54, 1.807) is 45.0 Å². The molecule has 0 radical (unpaired) electrons. The number of carbonyl (C=O) groups excluding carboxylic acids is 1. The smallest absolute Gasteiger partial charge is 0.416 e. The van der Waals surface area contributed by atoms with Crippen LogP contribution in [0.4, 0.5) is 38.5 Å². The van der Waals surface area contributed by atoms with Crippen molar-refractivity contribution < 1.29 is 32.3 Å². The molecule has 2 unspecified atom stereocenters. The molecular weight excluding hydrogens is 442 g/mol. The number of carbonyl (C=O) groups is 2. The molecule has 2 atom stereocenters. The van der Waals surface area contributed by atoms with Gasteiger partial charge in [-0.15, -0.1) is 0 Å². The molecule has 1 aliphatic heterocycles. The maximum Gasteiger partial charge on any atom is 0.416 e. The molecule has 6 nitrogen and oxygen atoms in total. The maximum absolute atomic E-state index is 15.6.